The fourth-order valence-corrected chi connectivity index (χ4v) is 1.81. The van der Waals surface area contributed by atoms with Crippen molar-refractivity contribution in [3.63, 3.8) is 0 Å². The number of amides is 2. The molecule has 0 atom stereocenters. The zero-order chi connectivity index (χ0) is 13.4. The molecule has 18 heavy (non-hydrogen) atoms. The van der Waals surface area contributed by atoms with E-state index in [4.69, 9.17) is 0 Å². The van der Waals surface area contributed by atoms with Crippen molar-refractivity contribution in [3.8, 4) is 0 Å². The van der Waals surface area contributed by atoms with Crippen LogP contribution in [0, 0.1) is 10.1 Å². The molecule has 2 rings (SSSR count). The van der Waals surface area contributed by atoms with Gasteiger partial charge in [0, 0.05) is 18.7 Å². The number of non-ortho nitro benzene ring substituents is 1. The fraction of sp³-hybridized carbons (Fsp3) is 0.167. The Morgan fingerprint density at radius 1 is 1.33 bits per heavy atom. The second-order valence-corrected chi connectivity index (χ2v) is 4.14. The van der Waals surface area contributed by atoms with E-state index in [-0.39, 0.29) is 23.4 Å². The molecule has 1 aromatic carbocycles. The number of nitro benzene ring substituents is 1. The number of rotatable bonds is 3. The van der Waals surface area contributed by atoms with E-state index in [2.05, 4.69) is 6.58 Å². The largest absolute Gasteiger partial charge is 0.270 e. The number of fused-ring (bicyclic) bond motifs is 1. The van der Waals surface area contributed by atoms with Gasteiger partial charge in [0.25, 0.3) is 17.5 Å². The zero-order valence-corrected chi connectivity index (χ0v) is 9.67. The van der Waals surface area contributed by atoms with E-state index in [0.717, 1.165) is 11.0 Å². The molecule has 0 N–H and O–H groups in total. The summed E-state index contributed by atoms with van der Waals surface area (Å²) in [6, 6.07) is 3.66. The van der Waals surface area contributed by atoms with Gasteiger partial charge in [0.15, 0.2) is 0 Å². The van der Waals surface area contributed by atoms with Crippen molar-refractivity contribution < 1.29 is 14.5 Å². The summed E-state index contributed by atoms with van der Waals surface area (Å²) in [6.07, 6.45) is 0. The van der Waals surface area contributed by atoms with E-state index < -0.39 is 16.7 Å². The fourth-order valence-electron chi connectivity index (χ4n) is 1.81. The van der Waals surface area contributed by atoms with Crippen LogP contribution in [-0.4, -0.2) is 28.2 Å². The maximum absolute atomic E-state index is 12.0. The lowest BCUT2D eigenvalue weighted by Gasteiger charge is -2.12. The third-order valence-corrected chi connectivity index (χ3v) is 2.59. The molecule has 6 heteroatoms. The molecule has 1 aliphatic heterocycles. The second-order valence-electron chi connectivity index (χ2n) is 4.14. The molecule has 1 aromatic rings. The summed E-state index contributed by atoms with van der Waals surface area (Å²) in [5.41, 5.74) is 0.744. The van der Waals surface area contributed by atoms with Gasteiger partial charge < -0.3 is 0 Å². The van der Waals surface area contributed by atoms with Crippen LogP contribution in [0.4, 0.5) is 5.69 Å². The van der Waals surface area contributed by atoms with Gasteiger partial charge in [-0.25, -0.2) is 0 Å². The predicted octanol–water partition coefficient (Wildman–Crippen LogP) is 1.77. The molecule has 0 saturated heterocycles. The maximum Gasteiger partial charge on any atom is 0.270 e. The maximum atomic E-state index is 12.0. The van der Waals surface area contributed by atoms with Gasteiger partial charge in [-0.2, -0.15) is 0 Å². The Labute approximate surface area is 103 Å². The van der Waals surface area contributed by atoms with Crippen molar-refractivity contribution in [2.24, 2.45) is 0 Å². The molecule has 0 bridgehead atoms. The highest BCUT2D eigenvalue weighted by Crippen LogP contribution is 2.27. The average Bonchev–Trinajstić information content (AvgIpc) is 2.53. The minimum absolute atomic E-state index is 0.0791. The van der Waals surface area contributed by atoms with Crippen molar-refractivity contribution in [2.75, 3.05) is 6.54 Å². The lowest BCUT2D eigenvalue weighted by Crippen LogP contribution is -2.31. The Balaban J connectivity index is 2.45. The summed E-state index contributed by atoms with van der Waals surface area (Å²) in [7, 11) is 0. The molecule has 2 amide bonds. The Morgan fingerprint density at radius 3 is 2.50 bits per heavy atom. The monoisotopic (exact) mass is 246 g/mol. The Hall–Kier alpha value is -2.50. The number of imide groups is 1. The number of carbonyl (C=O) groups is 2. The van der Waals surface area contributed by atoms with Crippen LogP contribution in [0.2, 0.25) is 0 Å². The third kappa shape index (κ3) is 1.77. The van der Waals surface area contributed by atoms with Gasteiger partial charge in [-0.15, -0.1) is 0 Å². The quantitative estimate of drug-likeness (QED) is 0.352. The average molecular weight is 246 g/mol. The van der Waals surface area contributed by atoms with Gasteiger partial charge in [0.05, 0.1) is 16.1 Å². The summed E-state index contributed by atoms with van der Waals surface area (Å²) in [6.45, 7) is 5.47. The number of hydrogen-bond acceptors (Lipinski definition) is 4. The van der Waals surface area contributed by atoms with Crippen LogP contribution in [0.1, 0.15) is 27.6 Å². The first-order chi connectivity index (χ1) is 8.41. The minimum Gasteiger partial charge on any atom is -0.270 e. The molecule has 0 saturated carbocycles. The van der Waals surface area contributed by atoms with Crippen LogP contribution >= 0.6 is 0 Å². The molecular formula is C12H10N2O4. The molecular weight excluding hydrogens is 236 g/mol. The molecule has 0 aliphatic carbocycles. The van der Waals surface area contributed by atoms with E-state index in [9.17, 15) is 19.7 Å². The zero-order valence-electron chi connectivity index (χ0n) is 9.67. The first kappa shape index (κ1) is 12.0. The van der Waals surface area contributed by atoms with Crippen LogP contribution in [0.5, 0.6) is 0 Å². The molecule has 0 radical (unpaired) electrons. The molecule has 0 fully saturated rings. The summed E-state index contributed by atoms with van der Waals surface area (Å²) in [4.78, 5) is 34.9. The number of benzene rings is 1. The van der Waals surface area contributed by atoms with E-state index in [1.165, 1.54) is 12.1 Å². The van der Waals surface area contributed by atoms with E-state index >= 15 is 0 Å². The molecule has 6 nitrogen and oxygen atoms in total. The van der Waals surface area contributed by atoms with Crippen LogP contribution in [0.15, 0.2) is 30.4 Å². The number of nitrogens with zero attached hydrogens (tertiary/aromatic N) is 2. The van der Waals surface area contributed by atoms with Crippen molar-refractivity contribution in [1.82, 2.24) is 4.90 Å². The highest BCUT2D eigenvalue weighted by atomic mass is 16.6. The van der Waals surface area contributed by atoms with Gasteiger partial charge in [-0.3, -0.25) is 24.6 Å². The van der Waals surface area contributed by atoms with Gasteiger partial charge in [0.1, 0.15) is 0 Å². The standard InChI is InChI=1S/C12H10N2O4/c1-7(2)6-13-11(15)9-4-3-8(14(17)18)5-10(9)12(13)16/h3-5H,1,6H2,2H3. The van der Waals surface area contributed by atoms with Crippen molar-refractivity contribution in [2.45, 2.75) is 6.92 Å². The summed E-state index contributed by atoms with van der Waals surface area (Å²) in [5.74, 6) is -0.949. The SMILES string of the molecule is C=C(C)CN1C(=O)c2ccc([N+](=O)[O-])cc2C1=O. The highest BCUT2D eigenvalue weighted by molar-refractivity contribution is 6.21. The van der Waals surface area contributed by atoms with Crippen molar-refractivity contribution in [1.29, 1.82) is 0 Å². The van der Waals surface area contributed by atoms with E-state index in [1.54, 1.807) is 6.92 Å². The van der Waals surface area contributed by atoms with Crippen LogP contribution in [0.3, 0.4) is 0 Å². The van der Waals surface area contributed by atoms with E-state index in [1.807, 2.05) is 0 Å². The Bertz CT molecular complexity index is 592. The van der Waals surface area contributed by atoms with Crippen LogP contribution in [0.25, 0.3) is 0 Å². The number of nitro groups is 1. The molecule has 0 unspecified atom stereocenters. The predicted molar refractivity (Wildman–Crippen MR) is 63.3 cm³/mol. The number of carbonyl (C=O) groups excluding carboxylic acids is 2. The summed E-state index contributed by atoms with van der Waals surface area (Å²) in [5, 5.41) is 10.6. The number of hydrogen-bond donors (Lipinski definition) is 0. The smallest absolute Gasteiger partial charge is 0.270 e. The van der Waals surface area contributed by atoms with Gasteiger partial charge in [0.2, 0.25) is 0 Å². The summed E-state index contributed by atoms with van der Waals surface area (Å²) < 4.78 is 0. The summed E-state index contributed by atoms with van der Waals surface area (Å²) >= 11 is 0. The van der Waals surface area contributed by atoms with Crippen LogP contribution < -0.4 is 0 Å². The molecule has 1 aliphatic rings. The van der Waals surface area contributed by atoms with Crippen LogP contribution in [-0.2, 0) is 0 Å². The highest BCUT2D eigenvalue weighted by Gasteiger charge is 2.36. The van der Waals surface area contributed by atoms with Gasteiger partial charge in [-0.05, 0) is 13.0 Å². The third-order valence-electron chi connectivity index (χ3n) is 2.59. The lowest BCUT2D eigenvalue weighted by atomic mass is 10.1. The minimum atomic E-state index is -0.598. The first-order valence-corrected chi connectivity index (χ1v) is 5.21. The Morgan fingerprint density at radius 2 is 1.94 bits per heavy atom. The van der Waals surface area contributed by atoms with E-state index in [0.29, 0.717) is 5.57 Å². The van der Waals surface area contributed by atoms with Gasteiger partial charge >= 0.3 is 0 Å². The van der Waals surface area contributed by atoms with Crippen molar-refractivity contribution >= 4 is 17.5 Å². The van der Waals surface area contributed by atoms with Crippen molar-refractivity contribution in [3.05, 3.63) is 51.6 Å². The molecule has 0 spiro atoms. The molecule has 1 heterocycles. The normalized spacial score (nSPS) is 13.7. The Kier molecular flexibility index (Phi) is 2.70. The first-order valence-electron chi connectivity index (χ1n) is 5.21. The molecule has 0 aromatic heterocycles. The lowest BCUT2D eigenvalue weighted by molar-refractivity contribution is -0.384. The second kappa shape index (κ2) is 4.06. The van der Waals surface area contributed by atoms with Gasteiger partial charge in [-0.1, -0.05) is 12.2 Å². The molecule has 92 valence electrons. The topological polar surface area (TPSA) is 80.5 Å².